The molecule has 1 amide bonds. The van der Waals surface area contributed by atoms with Crippen LogP contribution in [-0.4, -0.2) is 58.3 Å². The Morgan fingerprint density at radius 3 is 2.44 bits per heavy atom. The zero-order chi connectivity index (χ0) is 22.7. The Morgan fingerprint density at radius 1 is 1.09 bits per heavy atom. The van der Waals surface area contributed by atoms with Crippen LogP contribution in [0.1, 0.15) is 32.9 Å². The number of hydrogen-bond donors (Lipinski definition) is 1. The summed E-state index contributed by atoms with van der Waals surface area (Å²) in [7, 11) is 5.20. The lowest BCUT2D eigenvalue weighted by atomic mass is 10.0. The van der Waals surface area contributed by atoms with Gasteiger partial charge in [0.15, 0.2) is 5.69 Å². The number of aromatic nitrogens is 2. The number of carbonyl (C=O) groups excluding carboxylic acids is 1. The molecule has 0 saturated heterocycles. The van der Waals surface area contributed by atoms with Gasteiger partial charge >= 0.3 is 0 Å². The van der Waals surface area contributed by atoms with Crippen molar-refractivity contribution >= 4 is 5.91 Å². The molecular formula is C25H30N4O3. The Bertz CT molecular complexity index is 1070. The van der Waals surface area contributed by atoms with E-state index in [-0.39, 0.29) is 11.7 Å². The molecule has 1 aromatic heterocycles. The fourth-order valence-electron chi connectivity index (χ4n) is 4.14. The van der Waals surface area contributed by atoms with Crippen molar-refractivity contribution in [3.63, 3.8) is 0 Å². The predicted molar refractivity (Wildman–Crippen MR) is 123 cm³/mol. The molecule has 1 N–H and O–H groups in total. The highest BCUT2D eigenvalue weighted by Crippen LogP contribution is 2.26. The summed E-state index contributed by atoms with van der Waals surface area (Å²) >= 11 is 0. The standard InChI is InChI=1S/C25H30N4O3/c1-27(2)25(31)24-22-17-28(16-19-4-8-20(30)9-5-19)14-13-23(22)29(26-24)15-12-18-6-10-21(32-3)11-7-18/h4-11,30H,12-17H2,1-3H3. The molecule has 0 fully saturated rings. The molecule has 0 saturated carbocycles. The summed E-state index contributed by atoms with van der Waals surface area (Å²) in [5, 5.41) is 14.3. The van der Waals surface area contributed by atoms with Crippen LogP contribution in [0.2, 0.25) is 0 Å². The van der Waals surface area contributed by atoms with Crippen molar-refractivity contribution < 1.29 is 14.6 Å². The molecule has 1 aliphatic heterocycles. The normalized spacial score (nSPS) is 13.6. The number of ether oxygens (including phenoxy) is 1. The summed E-state index contributed by atoms with van der Waals surface area (Å²) in [6.07, 6.45) is 1.69. The van der Waals surface area contributed by atoms with E-state index in [0.29, 0.717) is 12.2 Å². The topological polar surface area (TPSA) is 70.8 Å². The highest BCUT2D eigenvalue weighted by molar-refractivity contribution is 5.93. The van der Waals surface area contributed by atoms with E-state index in [2.05, 4.69) is 17.0 Å². The molecule has 4 rings (SSSR count). The van der Waals surface area contributed by atoms with E-state index < -0.39 is 0 Å². The molecular weight excluding hydrogens is 404 g/mol. The fraction of sp³-hybridized carbons (Fsp3) is 0.360. The first-order valence-electron chi connectivity index (χ1n) is 10.9. The number of phenols is 1. The second-order valence-corrected chi connectivity index (χ2v) is 8.42. The van der Waals surface area contributed by atoms with Gasteiger partial charge in [0.05, 0.1) is 7.11 Å². The molecule has 7 heteroatoms. The van der Waals surface area contributed by atoms with Gasteiger partial charge < -0.3 is 14.7 Å². The Balaban J connectivity index is 1.54. The molecule has 0 bridgehead atoms. The van der Waals surface area contributed by atoms with E-state index in [1.165, 1.54) is 5.56 Å². The number of phenolic OH excluding ortho intramolecular Hbond substituents is 1. The molecule has 0 atom stereocenters. The smallest absolute Gasteiger partial charge is 0.274 e. The molecule has 0 spiro atoms. The van der Waals surface area contributed by atoms with E-state index in [1.54, 1.807) is 38.2 Å². The van der Waals surface area contributed by atoms with Crippen LogP contribution >= 0.6 is 0 Å². The molecule has 32 heavy (non-hydrogen) atoms. The Hall–Kier alpha value is -3.32. The van der Waals surface area contributed by atoms with Crippen LogP contribution in [0, 0.1) is 0 Å². The summed E-state index contributed by atoms with van der Waals surface area (Å²) in [5.41, 5.74) is 5.09. The number of aromatic hydroxyl groups is 1. The van der Waals surface area contributed by atoms with Gasteiger partial charge in [-0.25, -0.2) is 0 Å². The zero-order valence-electron chi connectivity index (χ0n) is 18.9. The molecule has 2 aromatic carbocycles. The van der Waals surface area contributed by atoms with Gasteiger partial charge in [-0.2, -0.15) is 5.10 Å². The minimum Gasteiger partial charge on any atom is -0.508 e. The highest BCUT2D eigenvalue weighted by Gasteiger charge is 2.28. The maximum atomic E-state index is 12.9. The minimum atomic E-state index is -0.0593. The van der Waals surface area contributed by atoms with Crippen molar-refractivity contribution in [3.8, 4) is 11.5 Å². The van der Waals surface area contributed by atoms with E-state index in [4.69, 9.17) is 9.84 Å². The van der Waals surface area contributed by atoms with Gasteiger partial charge in [-0.3, -0.25) is 14.4 Å². The van der Waals surface area contributed by atoms with Crippen LogP contribution in [0.3, 0.4) is 0 Å². The Kier molecular flexibility index (Phi) is 6.46. The third-order valence-corrected chi connectivity index (χ3v) is 5.94. The van der Waals surface area contributed by atoms with Gasteiger partial charge in [0, 0.05) is 58.0 Å². The highest BCUT2D eigenvalue weighted by atomic mass is 16.5. The molecule has 2 heterocycles. The third-order valence-electron chi connectivity index (χ3n) is 5.94. The van der Waals surface area contributed by atoms with Crippen LogP contribution in [0.5, 0.6) is 11.5 Å². The first-order chi connectivity index (χ1) is 15.4. The van der Waals surface area contributed by atoms with Crippen molar-refractivity contribution in [2.24, 2.45) is 0 Å². The summed E-state index contributed by atoms with van der Waals surface area (Å²) < 4.78 is 7.26. The number of fused-ring (bicyclic) bond motifs is 1. The number of nitrogens with zero attached hydrogens (tertiary/aromatic N) is 4. The number of rotatable bonds is 7. The number of benzene rings is 2. The van der Waals surface area contributed by atoms with Gasteiger partial charge in [-0.1, -0.05) is 24.3 Å². The summed E-state index contributed by atoms with van der Waals surface area (Å²) in [6, 6.07) is 15.4. The zero-order valence-corrected chi connectivity index (χ0v) is 18.9. The largest absolute Gasteiger partial charge is 0.508 e. The minimum absolute atomic E-state index is 0.0593. The van der Waals surface area contributed by atoms with Crippen LogP contribution in [-0.2, 0) is 32.5 Å². The number of carbonyl (C=O) groups is 1. The molecule has 1 aliphatic rings. The van der Waals surface area contributed by atoms with Gasteiger partial charge in [0.25, 0.3) is 5.91 Å². The summed E-state index contributed by atoms with van der Waals surface area (Å²) in [4.78, 5) is 16.8. The summed E-state index contributed by atoms with van der Waals surface area (Å²) in [5.74, 6) is 1.06. The van der Waals surface area contributed by atoms with Crippen LogP contribution in [0.15, 0.2) is 48.5 Å². The van der Waals surface area contributed by atoms with E-state index in [1.807, 2.05) is 28.9 Å². The number of aryl methyl sites for hydroxylation is 2. The van der Waals surface area contributed by atoms with Crippen molar-refractivity contribution in [2.75, 3.05) is 27.7 Å². The average molecular weight is 435 g/mol. The molecule has 168 valence electrons. The second kappa shape index (κ2) is 9.44. The lowest BCUT2D eigenvalue weighted by Gasteiger charge is -2.28. The van der Waals surface area contributed by atoms with Crippen molar-refractivity contribution in [2.45, 2.75) is 32.5 Å². The lowest BCUT2D eigenvalue weighted by molar-refractivity contribution is 0.0818. The Labute approximate surface area is 188 Å². The maximum Gasteiger partial charge on any atom is 0.274 e. The maximum absolute atomic E-state index is 12.9. The lowest BCUT2D eigenvalue weighted by Crippen LogP contribution is -2.32. The first kappa shape index (κ1) is 21.9. The summed E-state index contributed by atoms with van der Waals surface area (Å²) in [6.45, 7) is 3.09. The molecule has 0 radical (unpaired) electrons. The molecule has 0 unspecified atom stereocenters. The number of methoxy groups -OCH3 is 1. The molecule has 0 aliphatic carbocycles. The molecule has 3 aromatic rings. The molecule has 7 nitrogen and oxygen atoms in total. The van der Waals surface area contributed by atoms with Crippen molar-refractivity contribution in [3.05, 3.63) is 76.6 Å². The van der Waals surface area contributed by atoms with Crippen LogP contribution in [0.25, 0.3) is 0 Å². The number of hydrogen-bond acceptors (Lipinski definition) is 5. The van der Waals surface area contributed by atoms with Crippen LogP contribution in [0.4, 0.5) is 0 Å². The van der Waals surface area contributed by atoms with Crippen molar-refractivity contribution in [1.29, 1.82) is 0 Å². The monoisotopic (exact) mass is 434 g/mol. The van der Waals surface area contributed by atoms with Crippen molar-refractivity contribution in [1.82, 2.24) is 19.6 Å². The van der Waals surface area contributed by atoms with Gasteiger partial charge in [0.2, 0.25) is 0 Å². The Morgan fingerprint density at radius 2 is 1.78 bits per heavy atom. The van der Waals surface area contributed by atoms with E-state index >= 15 is 0 Å². The van der Waals surface area contributed by atoms with E-state index in [9.17, 15) is 9.90 Å². The van der Waals surface area contributed by atoms with Crippen LogP contribution < -0.4 is 4.74 Å². The fourth-order valence-corrected chi connectivity index (χ4v) is 4.14. The SMILES string of the molecule is COc1ccc(CCn2nc(C(=O)N(C)C)c3c2CCN(Cc2ccc(O)cc2)C3)cc1. The first-order valence-corrected chi connectivity index (χ1v) is 10.9. The van der Waals surface area contributed by atoms with Gasteiger partial charge in [-0.15, -0.1) is 0 Å². The average Bonchev–Trinajstić information content (AvgIpc) is 3.16. The third kappa shape index (κ3) is 4.78. The number of amides is 1. The second-order valence-electron chi connectivity index (χ2n) is 8.42. The van der Waals surface area contributed by atoms with Gasteiger partial charge in [0.1, 0.15) is 11.5 Å². The van der Waals surface area contributed by atoms with E-state index in [0.717, 1.165) is 55.0 Å². The quantitative estimate of drug-likeness (QED) is 0.619. The van der Waals surface area contributed by atoms with Gasteiger partial charge in [-0.05, 0) is 41.8 Å². The predicted octanol–water partition coefficient (Wildman–Crippen LogP) is 3.10.